The topological polar surface area (TPSA) is 93.4 Å². The van der Waals surface area contributed by atoms with Crippen molar-refractivity contribution in [2.24, 2.45) is 5.73 Å². The summed E-state index contributed by atoms with van der Waals surface area (Å²) in [6.07, 6.45) is 0. The van der Waals surface area contributed by atoms with Crippen molar-refractivity contribution in [2.45, 2.75) is 19.5 Å². The number of hydrogen-bond acceptors (Lipinski definition) is 3. The Balaban J connectivity index is 2.55. The van der Waals surface area contributed by atoms with Gasteiger partial charge in [-0.3, -0.25) is 4.79 Å². The maximum atomic E-state index is 11.9. The average Bonchev–Trinajstić information content (AvgIpc) is 2.37. The minimum absolute atomic E-state index is 0.0475. The lowest BCUT2D eigenvalue weighted by Crippen LogP contribution is -2.35. The van der Waals surface area contributed by atoms with Crippen LogP contribution in [0.3, 0.4) is 0 Å². The molecule has 0 heterocycles. The van der Waals surface area contributed by atoms with Gasteiger partial charge in [0, 0.05) is 25.3 Å². The van der Waals surface area contributed by atoms with Crippen LogP contribution < -0.4 is 16.4 Å². The van der Waals surface area contributed by atoms with Crippen molar-refractivity contribution in [1.82, 2.24) is 10.6 Å². The molecule has 6 heteroatoms. The van der Waals surface area contributed by atoms with Crippen molar-refractivity contribution in [2.75, 3.05) is 13.7 Å². The highest BCUT2D eigenvalue weighted by atomic mass is 16.5. The van der Waals surface area contributed by atoms with E-state index in [1.807, 2.05) is 6.92 Å². The molecule has 1 aromatic rings. The lowest BCUT2D eigenvalue weighted by Gasteiger charge is -2.12. The summed E-state index contributed by atoms with van der Waals surface area (Å²) in [6.45, 7) is 2.68. The highest BCUT2D eigenvalue weighted by Crippen LogP contribution is 2.04. The average molecular weight is 265 g/mol. The normalized spacial score (nSPS) is 11.7. The van der Waals surface area contributed by atoms with Gasteiger partial charge in [-0.2, -0.15) is 0 Å². The molecule has 0 radical (unpaired) electrons. The van der Waals surface area contributed by atoms with Gasteiger partial charge in [0.2, 0.25) is 0 Å². The Morgan fingerprint density at radius 2 is 1.95 bits per heavy atom. The number of ether oxygens (including phenoxy) is 1. The summed E-state index contributed by atoms with van der Waals surface area (Å²) in [5.74, 6) is -0.154. The van der Waals surface area contributed by atoms with Gasteiger partial charge >= 0.3 is 6.03 Å². The molecule has 0 aliphatic heterocycles. The molecule has 0 aromatic heterocycles. The minimum atomic E-state index is -0.574. The number of urea groups is 1. The van der Waals surface area contributed by atoms with Crippen LogP contribution >= 0.6 is 0 Å². The fourth-order valence-electron chi connectivity index (χ4n) is 1.56. The largest absolute Gasteiger partial charge is 0.383 e. The van der Waals surface area contributed by atoms with Crippen molar-refractivity contribution in [3.05, 3.63) is 35.4 Å². The predicted octanol–water partition coefficient (Wildman–Crippen LogP) is 0.620. The Kier molecular flexibility index (Phi) is 5.81. The second-order valence-corrected chi connectivity index (χ2v) is 4.24. The first-order chi connectivity index (χ1) is 9.02. The Labute approximate surface area is 112 Å². The van der Waals surface area contributed by atoms with Gasteiger partial charge in [-0.15, -0.1) is 0 Å². The molecule has 3 amide bonds. The third kappa shape index (κ3) is 5.39. The summed E-state index contributed by atoms with van der Waals surface area (Å²) in [5, 5.41) is 5.29. The first-order valence-electron chi connectivity index (χ1n) is 5.95. The number of benzene rings is 1. The van der Waals surface area contributed by atoms with Crippen molar-refractivity contribution in [1.29, 1.82) is 0 Å². The van der Waals surface area contributed by atoms with Gasteiger partial charge in [-0.1, -0.05) is 12.1 Å². The predicted molar refractivity (Wildman–Crippen MR) is 71.7 cm³/mol. The second kappa shape index (κ2) is 7.38. The molecule has 0 saturated heterocycles. The van der Waals surface area contributed by atoms with Gasteiger partial charge < -0.3 is 21.1 Å². The minimum Gasteiger partial charge on any atom is -0.383 e. The van der Waals surface area contributed by atoms with E-state index in [1.54, 1.807) is 31.4 Å². The van der Waals surface area contributed by atoms with Crippen LogP contribution in [-0.2, 0) is 11.3 Å². The van der Waals surface area contributed by atoms with E-state index in [0.29, 0.717) is 18.7 Å². The van der Waals surface area contributed by atoms with Crippen LogP contribution in [0.15, 0.2) is 24.3 Å². The first-order valence-corrected chi connectivity index (χ1v) is 5.95. The van der Waals surface area contributed by atoms with Crippen LogP contribution in [-0.4, -0.2) is 31.7 Å². The number of amides is 3. The van der Waals surface area contributed by atoms with E-state index in [-0.39, 0.29) is 11.9 Å². The Bertz CT molecular complexity index is 431. The monoisotopic (exact) mass is 265 g/mol. The first kappa shape index (κ1) is 15.0. The zero-order chi connectivity index (χ0) is 14.3. The van der Waals surface area contributed by atoms with Gasteiger partial charge in [0.25, 0.3) is 5.91 Å². The third-order valence-electron chi connectivity index (χ3n) is 2.48. The molecule has 0 unspecified atom stereocenters. The number of methoxy groups -OCH3 is 1. The molecule has 0 fully saturated rings. The molecule has 1 rings (SSSR count). The molecule has 0 aliphatic carbocycles. The zero-order valence-electron chi connectivity index (χ0n) is 11.1. The number of nitrogens with two attached hydrogens (primary N) is 1. The molecule has 4 N–H and O–H groups in total. The van der Waals surface area contributed by atoms with E-state index >= 15 is 0 Å². The van der Waals surface area contributed by atoms with Crippen LogP contribution in [0.4, 0.5) is 4.79 Å². The van der Waals surface area contributed by atoms with E-state index < -0.39 is 6.03 Å². The fraction of sp³-hybridized carbons (Fsp3) is 0.385. The number of rotatable bonds is 6. The molecule has 0 saturated carbocycles. The van der Waals surface area contributed by atoms with E-state index in [4.69, 9.17) is 10.5 Å². The van der Waals surface area contributed by atoms with E-state index in [1.165, 1.54) is 0 Å². The van der Waals surface area contributed by atoms with Crippen molar-refractivity contribution in [3.8, 4) is 0 Å². The van der Waals surface area contributed by atoms with Gasteiger partial charge in [0.1, 0.15) is 0 Å². The third-order valence-corrected chi connectivity index (χ3v) is 2.48. The zero-order valence-corrected chi connectivity index (χ0v) is 11.1. The maximum absolute atomic E-state index is 11.9. The number of carbonyl (C=O) groups excluding carboxylic acids is 2. The van der Waals surface area contributed by atoms with Crippen LogP contribution in [0.2, 0.25) is 0 Å². The summed E-state index contributed by atoms with van der Waals surface area (Å²) in [5.41, 5.74) is 6.41. The molecule has 104 valence electrons. The molecular formula is C13H19N3O3. The smallest absolute Gasteiger partial charge is 0.312 e. The van der Waals surface area contributed by atoms with Crippen molar-refractivity contribution < 1.29 is 14.3 Å². The van der Waals surface area contributed by atoms with Crippen LogP contribution in [0.1, 0.15) is 22.8 Å². The van der Waals surface area contributed by atoms with Crippen LogP contribution in [0.25, 0.3) is 0 Å². The van der Waals surface area contributed by atoms with E-state index in [9.17, 15) is 9.59 Å². The SMILES string of the molecule is COC[C@H](C)NC(=O)c1ccc(CNC(N)=O)cc1. The highest BCUT2D eigenvalue weighted by molar-refractivity contribution is 5.94. The molecule has 0 bridgehead atoms. The second-order valence-electron chi connectivity index (χ2n) is 4.24. The summed E-state index contributed by atoms with van der Waals surface area (Å²) in [4.78, 5) is 22.4. The Hall–Kier alpha value is -2.08. The fourth-order valence-corrected chi connectivity index (χ4v) is 1.56. The van der Waals surface area contributed by atoms with Crippen molar-refractivity contribution in [3.63, 3.8) is 0 Å². The summed E-state index contributed by atoms with van der Waals surface area (Å²) < 4.78 is 4.95. The summed E-state index contributed by atoms with van der Waals surface area (Å²) in [7, 11) is 1.59. The Morgan fingerprint density at radius 1 is 1.32 bits per heavy atom. The van der Waals surface area contributed by atoms with Gasteiger partial charge in [-0.05, 0) is 24.6 Å². The lowest BCUT2D eigenvalue weighted by molar-refractivity contribution is 0.0905. The van der Waals surface area contributed by atoms with Crippen LogP contribution in [0, 0.1) is 0 Å². The van der Waals surface area contributed by atoms with Gasteiger partial charge in [-0.25, -0.2) is 4.79 Å². The van der Waals surface area contributed by atoms with E-state index in [0.717, 1.165) is 5.56 Å². The number of nitrogens with one attached hydrogen (secondary N) is 2. The molecule has 1 aromatic carbocycles. The molecule has 6 nitrogen and oxygen atoms in total. The summed E-state index contributed by atoms with van der Waals surface area (Å²) >= 11 is 0. The number of primary amides is 1. The van der Waals surface area contributed by atoms with E-state index in [2.05, 4.69) is 10.6 Å². The van der Waals surface area contributed by atoms with Crippen LogP contribution in [0.5, 0.6) is 0 Å². The quantitative estimate of drug-likeness (QED) is 0.704. The molecule has 19 heavy (non-hydrogen) atoms. The molecule has 0 aliphatic rings. The summed E-state index contributed by atoms with van der Waals surface area (Å²) in [6, 6.07) is 6.32. The molecular weight excluding hydrogens is 246 g/mol. The number of carbonyl (C=O) groups is 2. The maximum Gasteiger partial charge on any atom is 0.312 e. The Morgan fingerprint density at radius 3 is 2.47 bits per heavy atom. The standard InChI is InChI=1S/C13H19N3O3/c1-9(8-19-2)16-12(17)11-5-3-10(4-6-11)7-15-13(14)18/h3-6,9H,7-8H2,1-2H3,(H,16,17)(H3,14,15,18)/t9-/m0/s1. The van der Waals surface area contributed by atoms with Gasteiger partial charge in [0.15, 0.2) is 0 Å². The van der Waals surface area contributed by atoms with Crippen molar-refractivity contribution >= 4 is 11.9 Å². The highest BCUT2D eigenvalue weighted by Gasteiger charge is 2.09. The molecule has 0 spiro atoms. The lowest BCUT2D eigenvalue weighted by atomic mass is 10.1. The number of hydrogen-bond donors (Lipinski definition) is 3. The molecule has 1 atom stereocenters. The van der Waals surface area contributed by atoms with Gasteiger partial charge in [0.05, 0.1) is 6.61 Å².